The van der Waals surface area contributed by atoms with Gasteiger partial charge < -0.3 is 15.0 Å². The van der Waals surface area contributed by atoms with Crippen molar-refractivity contribution in [3.8, 4) is 5.75 Å². The first kappa shape index (κ1) is 23.8. The Bertz CT molecular complexity index is 887. The lowest BCUT2D eigenvalue weighted by atomic mass is 9.90. The predicted molar refractivity (Wildman–Crippen MR) is 128 cm³/mol. The fourth-order valence-corrected chi connectivity index (χ4v) is 4.11. The number of likely N-dealkylation sites (tertiary alicyclic amines) is 1. The van der Waals surface area contributed by atoms with Crippen molar-refractivity contribution in [3.05, 3.63) is 59.7 Å². The van der Waals surface area contributed by atoms with Crippen LogP contribution in [0.1, 0.15) is 42.1 Å². The predicted octanol–water partition coefficient (Wildman–Crippen LogP) is 4.07. The van der Waals surface area contributed by atoms with Crippen LogP contribution in [0.3, 0.4) is 0 Å². The summed E-state index contributed by atoms with van der Waals surface area (Å²) in [5, 5.41) is 2.93. The van der Waals surface area contributed by atoms with E-state index >= 15 is 0 Å². The summed E-state index contributed by atoms with van der Waals surface area (Å²) in [6.45, 7) is 4.97. The lowest BCUT2D eigenvalue weighted by Gasteiger charge is -2.31. The van der Waals surface area contributed by atoms with Gasteiger partial charge in [-0.25, -0.2) is 0 Å². The summed E-state index contributed by atoms with van der Waals surface area (Å²) in [5.41, 5.74) is 2.58. The summed E-state index contributed by atoms with van der Waals surface area (Å²) in [4.78, 5) is 28.4. The molecule has 0 atom stereocenters. The van der Waals surface area contributed by atoms with Crippen LogP contribution < -0.4 is 10.1 Å². The first-order valence-corrected chi connectivity index (χ1v) is 11.5. The molecule has 1 saturated heterocycles. The minimum Gasteiger partial charge on any atom is -0.494 e. The minimum atomic E-state index is -0.0755. The number of ether oxygens (including phenoxy) is 1. The second-order valence-corrected chi connectivity index (χ2v) is 8.66. The topological polar surface area (TPSA) is 61.9 Å². The summed E-state index contributed by atoms with van der Waals surface area (Å²) in [5.74, 6) is 1.52. The molecule has 3 rings (SSSR count). The molecule has 0 spiro atoms. The highest BCUT2D eigenvalue weighted by Crippen LogP contribution is 2.23. The number of benzene rings is 2. The Balaban J connectivity index is 1.39. The van der Waals surface area contributed by atoms with Crippen molar-refractivity contribution in [2.45, 2.75) is 32.6 Å². The molecule has 1 fully saturated rings. The summed E-state index contributed by atoms with van der Waals surface area (Å²) in [6, 6.07) is 15.5. The van der Waals surface area contributed by atoms with Crippen molar-refractivity contribution >= 4 is 17.5 Å². The molecule has 1 heterocycles. The molecule has 6 nitrogen and oxygen atoms in total. The van der Waals surface area contributed by atoms with E-state index < -0.39 is 0 Å². The summed E-state index contributed by atoms with van der Waals surface area (Å²) < 4.78 is 5.51. The molecule has 0 aromatic heterocycles. The summed E-state index contributed by atoms with van der Waals surface area (Å²) >= 11 is 0. The number of anilines is 1. The van der Waals surface area contributed by atoms with E-state index in [9.17, 15) is 9.59 Å². The monoisotopic (exact) mass is 437 g/mol. The maximum atomic E-state index is 12.5. The molecule has 1 aliphatic rings. The van der Waals surface area contributed by atoms with Crippen LogP contribution >= 0.6 is 0 Å². The number of carbonyl (C=O) groups excluding carboxylic acids is 2. The van der Waals surface area contributed by atoms with Crippen molar-refractivity contribution in [2.75, 3.05) is 45.7 Å². The van der Waals surface area contributed by atoms with Crippen LogP contribution in [0.5, 0.6) is 5.75 Å². The lowest BCUT2D eigenvalue weighted by molar-refractivity contribution is -0.117. The van der Waals surface area contributed by atoms with Crippen LogP contribution in [0.15, 0.2) is 48.5 Å². The molecule has 1 aliphatic heterocycles. The van der Waals surface area contributed by atoms with Crippen molar-refractivity contribution < 1.29 is 14.3 Å². The first-order valence-electron chi connectivity index (χ1n) is 11.5. The number of hydrogen-bond acceptors (Lipinski definition) is 4. The second kappa shape index (κ2) is 11.7. The van der Waals surface area contributed by atoms with Gasteiger partial charge in [0.25, 0.3) is 5.91 Å². The molecule has 0 unspecified atom stereocenters. The fraction of sp³-hybridized carbons (Fsp3) is 0.462. The number of rotatable bonds is 9. The Kier molecular flexibility index (Phi) is 8.68. The smallest absolute Gasteiger partial charge is 0.253 e. The molecular formula is C26H35N3O3. The quantitative estimate of drug-likeness (QED) is 0.642. The average Bonchev–Trinajstić information content (AvgIpc) is 2.79. The highest BCUT2D eigenvalue weighted by Gasteiger charge is 2.21. The van der Waals surface area contributed by atoms with E-state index in [-0.39, 0.29) is 11.8 Å². The Morgan fingerprint density at radius 2 is 1.81 bits per heavy atom. The van der Waals surface area contributed by atoms with Gasteiger partial charge in [0.05, 0.1) is 13.2 Å². The number of amides is 2. The number of piperidine rings is 1. The molecule has 1 N–H and O–H groups in total. The van der Waals surface area contributed by atoms with Gasteiger partial charge in [-0.2, -0.15) is 0 Å². The van der Waals surface area contributed by atoms with Gasteiger partial charge in [-0.3, -0.25) is 14.5 Å². The lowest BCUT2D eigenvalue weighted by Crippen LogP contribution is -2.39. The van der Waals surface area contributed by atoms with Gasteiger partial charge in [-0.1, -0.05) is 18.2 Å². The Morgan fingerprint density at radius 1 is 1.09 bits per heavy atom. The SMILES string of the molecule is CCOc1ccc(CCC2CCN(CC(=O)Nc3cccc(C(=O)N(C)C)c3)CC2)cc1. The number of hydrogen-bond donors (Lipinski definition) is 1. The molecule has 2 amide bonds. The molecule has 2 aromatic rings. The van der Waals surface area contributed by atoms with Gasteiger partial charge in [0.15, 0.2) is 0 Å². The maximum absolute atomic E-state index is 12.5. The Morgan fingerprint density at radius 3 is 2.47 bits per heavy atom. The van der Waals surface area contributed by atoms with E-state index in [1.165, 1.54) is 16.9 Å². The van der Waals surface area contributed by atoms with E-state index in [1.54, 1.807) is 32.3 Å². The first-order chi connectivity index (χ1) is 15.4. The molecule has 2 aromatic carbocycles. The fourth-order valence-electron chi connectivity index (χ4n) is 4.11. The average molecular weight is 438 g/mol. The number of nitrogens with one attached hydrogen (secondary N) is 1. The highest BCUT2D eigenvalue weighted by molar-refractivity contribution is 5.97. The molecular weight excluding hydrogens is 402 g/mol. The van der Waals surface area contributed by atoms with Gasteiger partial charge in [-0.05, 0) is 87.5 Å². The second-order valence-electron chi connectivity index (χ2n) is 8.66. The van der Waals surface area contributed by atoms with Crippen LogP contribution in [0.4, 0.5) is 5.69 Å². The third-order valence-electron chi connectivity index (χ3n) is 5.95. The highest BCUT2D eigenvalue weighted by atomic mass is 16.5. The zero-order valence-corrected chi connectivity index (χ0v) is 19.5. The standard InChI is InChI=1S/C26H35N3O3/c1-4-32-24-12-10-20(11-13-24)8-9-21-14-16-29(17-15-21)19-25(30)27-23-7-5-6-22(18-23)26(31)28(2)3/h5-7,10-13,18,21H,4,8-9,14-17,19H2,1-3H3,(H,27,30). The molecule has 0 aliphatic carbocycles. The van der Waals surface area contributed by atoms with Gasteiger partial charge in [0.1, 0.15) is 5.75 Å². The molecule has 0 saturated carbocycles. The Hall–Kier alpha value is -2.86. The number of aryl methyl sites for hydroxylation is 1. The Labute approximate surface area is 191 Å². The normalized spacial score (nSPS) is 14.7. The molecule has 6 heteroatoms. The third-order valence-corrected chi connectivity index (χ3v) is 5.95. The van der Waals surface area contributed by atoms with Crippen LogP contribution in [0.2, 0.25) is 0 Å². The van der Waals surface area contributed by atoms with Crippen molar-refractivity contribution in [1.29, 1.82) is 0 Å². The zero-order valence-electron chi connectivity index (χ0n) is 19.5. The van der Waals surface area contributed by atoms with Crippen molar-refractivity contribution in [1.82, 2.24) is 9.80 Å². The molecule has 172 valence electrons. The molecule has 32 heavy (non-hydrogen) atoms. The van der Waals surface area contributed by atoms with Crippen molar-refractivity contribution in [3.63, 3.8) is 0 Å². The van der Waals surface area contributed by atoms with Gasteiger partial charge in [0, 0.05) is 25.3 Å². The van der Waals surface area contributed by atoms with E-state index in [4.69, 9.17) is 4.74 Å². The minimum absolute atomic E-state index is 0.0349. The van der Waals surface area contributed by atoms with E-state index in [0.717, 1.165) is 38.1 Å². The van der Waals surface area contributed by atoms with Gasteiger partial charge >= 0.3 is 0 Å². The zero-order chi connectivity index (χ0) is 22.9. The summed E-state index contributed by atoms with van der Waals surface area (Å²) in [6.07, 6.45) is 4.51. The van der Waals surface area contributed by atoms with Crippen molar-refractivity contribution in [2.24, 2.45) is 5.92 Å². The number of nitrogens with zero attached hydrogens (tertiary/aromatic N) is 2. The van der Waals surface area contributed by atoms with Crippen LogP contribution in [-0.4, -0.2) is 62.0 Å². The maximum Gasteiger partial charge on any atom is 0.253 e. The van der Waals surface area contributed by atoms with Crippen LogP contribution in [0, 0.1) is 5.92 Å². The van der Waals surface area contributed by atoms with E-state index in [1.807, 2.05) is 25.1 Å². The largest absolute Gasteiger partial charge is 0.494 e. The molecule has 0 bridgehead atoms. The molecule has 0 radical (unpaired) electrons. The van der Waals surface area contributed by atoms with Gasteiger partial charge in [0.2, 0.25) is 5.91 Å². The summed E-state index contributed by atoms with van der Waals surface area (Å²) in [7, 11) is 3.44. The number of carbonyl (C=O) groups is 2. The van der Waals surface area contributed by atoms with Crippen LogP contribution in [-0.2, 0) is 11.2 Å². The van der Waals surface area contributed by atoms with E-state index in [2.05, 4.69) is 22.3 Å². The van der Waals surface area contributed by atoms with Gasteiger partial charge in [-0.15, -0.1) is 0 Å². The van der Waals surface area contributed by atoms with E-state index in [0.29, 0.717) is 30.3 Å². The third kappa shape index (κ3) is 7.09. The van der Waals surface area contributed by atoms with Crippen LogP contribution in [0.25, 0.3) is 0 Å².